The van der Waals surface area contributed by atoms with Crippen LogP contribution in [0.4, 0.5) is 11.4 Å². The third-order valence-electron chi connectivity index (χ3n) is 3.17. The number of hydrogen-bond acceptors (Lipinski definition) is 3. The van der Waals surface area contributed by atoms with E-state index in [2.05, 4.69) is 0 Å². The number of halogens is 2. The van der Waals surface area contributed by atoms with Gasteiger partial charge in [-0.1, -0.05) is 23.2 Å². The first-order chi connectivity index (χ1) is 10.2. The SMILES string of the molecule is CCN(c1cc(Cl)ccc1[O])c1ccc(S(C)(=O)=O)cc1Cl. The fourth-order valence-corrected chi connectivity index (χ4v) is 3.27. The molecule has 0 aliphatic rings. The minimum absolute atomic E-state index is 0.130. The average Bonchev–Trinajstić information content (AvgIpc) is 2.44. The minimum atomic E-state index is -3.34. The molecule has 4 nitrogen and oxygen atoms in total. The van der Waals surface area contributed by atoms with E-state index in [1.54, 1.807) is 17.0 Å². The molecule has 0 aromatic heterocycles. The first-order valence-electron chi connectivity index (χ1n) is 6.47. The Morgan fingerprint density at radius 3 is 2.27 bits per heavy atom. The first-order valence-corrected chi connectivity index (χ1v) is 9.12. The quantitative estimate of drug-likeness (QED) is 0.795. The largest absolute Gasteiger partial charge is 0.337 e. The van der Waals surface area contributed by atoms with Crippen molar-refractivity contribution in [1.29, 1.82) is 0 Å². The Morgan fingerprint density at radius 1 is 1.05 bits per heavy atom. The van der Waals surface area contributed by atoms with Crippen LogP contribution < -0.4 is 4.90 Å². The zero-order chi connectivity index (χ0) is 16.5. The summed E-state index contributed by atoms with van der Waals surface area (Å²) >= 11 is 12.2. The molecule has 2 aromatic carbocycles. The van der Waals surface area contributed by atoms with Gasteiger partial charge in [-0.25, -0.2) is 8.42 Å². The maximum absolute atomic E-state index is 12.0. The van der Waals surface area contributed by atoms with Gasteiger partial charge in [0.1, 0.15) is 0 Å². The van der Waals surface area contributed by atoms with E-state index in [9.17, 15) is 13.5 Å². The summed E-state index contributed by atoms with van der Waals surface area (Å²) in [5.74, 6) is -0.186. The Balaban J connectivity index is 2.55. The molecule has 2 rings (SSSR count). The Morgan fingerprint density at radius 2 is 1.73 bits per heavy atom. The zero-order valence-electron chi connectivity index (χ0n) is 12.0. The molecule has 117 valence electrons. The van der Waals surface area contributed by atoms with Crippen LogP contribution in [0.25, 0.3) is 0 Å². The van der Waals surface area contributed by atoms with Gasteiger partial charge in [0.2, 0.25) is 5.75 Å². The molecular formula is C15H14Cl2NO3S. The van der Waals surface area contributed by atoms with Gasteiger partial charge in [0.05, 0.1) is 21.3 Å². The molecule has 0 spiro atoms. The molecular weight excluding hydrogens is 345 g/mol. The predicted octanol–water partition coefficient (Wildman–Crippen LogP) is 4.70. The summed E-state index contributed by atoms with van der Waals surface area (Å²) < 4.78 is 23.1. The molecule has 0 fully saturated rings. The average molecular weight is 359 g/mol. The lowest BCUT2D eigenvalue weighted by Crippen LogP contribution is -2.16. The summed E-state index contributed by atoms with van der Waals surface area (Å²) in [6.07, 6.45) is 1.11. The smallest absolute Gasteiger partial charge is 0.202 e. The van der Waals surface area contributed by atoms with E-state index in [1.807, 2.05) is 6.92 Å². The van der Waals surface area contributed by atoms with Crippen LogP contribution in [0, 0.1) is 0 Å². The van der Waals surface area contributed by atoms with Crippen LogP contribution in [0.3, 0.4) is 0 Å². The van der Waals surface area contributed by atoms with Crippen molar-refractivity contribution < 1.29 is 13.5 Å². The number of nitrogens with zero attached hydrogens (tertiary/aromatic N) is 1. The van der Waals surface area contributed by atoms with Crippen molar-refractivity contribution in [3.8, 4) is 5.75 Å². The van der Waals surface area contributed by atoms with Crippen LogP contribution in [0.2, 0.25) is 10.0 Å². The molecule has 0 saturated carbocycles. The van der Waals surface area contributed by atoms with Crippen molar-refractivity contribution in [2.45, 2.75) is 11.8 Å². The topological polar surface area (TPSA) is 57.3 Å². The molecule has 0 aliphatic heterocycles. The van der Waals surface area contributed by atoms with Gasteiger partial charge in [-0.05, 0) is 43.3 Å². The Hall–Kier alpha value is -1.43. The van der Waals surface area contributed by atoms with E-state index in [0.29, 0.717) is 22.9 Å². The van der Waals surface area contributed by atoms with E-state index in [-0.39, 0.29) is 15.7 Å². The van der Waals surface area contributed by atoms with Crippen LogP contribution in [0.1, 0.15) is 6.92 Å². The third kappa shape index (κ3) is 3.48. The summed E-state index contributed by atoms with van der Waals surface area (Å²) in [6, 6.07) is 8.91. The molecule has 2 aromatic rings. The monoisotopic (exact) mass is 358 g/mol. The van der Waals surface area contributed by atoms with Gasteiger partial charge in [0, 0.05) is 17.8 Å². The molecule has 1 radical (unpaired) electrons. The highest BCUT2D eigenvalue weighted by atomic mass is 35.5. The summed E-state index contributed by atoms with van der Waals surface area (Å²) in [5.41, 5.74) is 0.944. The molecule has 0 saturated heterocycles. The second-order valence-corrected chi connectivity index (χ2v) is 7.60. The van der Waals surface area contributed by atoms with Gasteiger partial charge < -0.3 is 4.90 Å². The van der Waals surface area contributed by atoms with Crippen LogP contribution in [-0.4, -0.2) is 21.2 Å². The summed E-state index contributed by atoms with van der Waals surface area (Å²) in [4.78, 5) is 1.83. The number of benzene rings is 2. The highest BCUT2D eigenvalue weighted by Gasteiger charge is 2.18. The van der Waals surface area contributed by atoms with Crippen LogP contribution in [-0.2, 0) is 14.9 Å². The maximum atomic E-state index is 12.0. The number of sulfone groups is 1. The molecule has 22 heavy (non-hydrogen) atoms. The van der Waals surface area contributed by atoms with Gasteiger partial charge in [-0.2, -0.15) is 0 Å². The highest BCUT2D eigenvalue weighted by molar-refractivity contribution is 7.90. The van der Waals surface area contributed by atoms with E-state index in [4.69, 9.17) is 23.2 Å². The lowest BCUT2D eigenvalue weighted by atomic mass is 10.2. The minimum Gasteiger partial charge on any atom is -0.337 e. The number of anilines is 2. The van der Waals surface area contributed by atoms with Gasteiger partial charge in [-0.15, -0.1) is 0 Å². The summed E-state index contributed by atoms with van der Waals surface area (Å²) in [7, 11) is -3.34. The van der Waals surface area contributed by atoms with Crippen molar-refractivity contribution in [2.24, 2.45) is 0 Å². The third-order valence-corrected chi connectivity index (χ3v) is 4.81. The number of rotatable bonds is 4. The van der Waals surface area contributed by atoms with Gasteiger partial charge in [0.15, 0.2) is 9.84 Å². The maximum Gasteiger partial charge on any atom is 0.202 e. The first kappa shape index (κ1) is 16.9. The molecule has 0 atom stereocenters. The van der Waals surface area contributed by atoms with Gasteiger partial charge in [-0.3, -0.25) is 5.11 Å². The van der Waals surface area contributed by atoms with Crippen LogP contribution in [0.15, 0.2) is 41.3 Å². The van der Waals surface area contributed by atoms with E-state index >= 15 is 0 Å². The Kier molecular flexibility index (Phi) is 4.90. The van der Waals surface area contributed by atoms with Gasteiger partial charge in [0.25, 0.3) is 0 Å². The summed E-state index contributed by atoms with van der Waals surface area (Å²) in [6.45, 7) is 2.34. The fraction of sp³-hybridized carbons (Fsp3) is 0.200. The molecule has 0 amide bonds. The Labute approximate surface area is 139 Å². The number of hydrogen-bond donors (Lipinski definition) is 0. The molecule has 0 heterocycles. The highest BCUT2D eigenvalue weighted by Crippen LogP contribution is 2.39. The van der Waals surface area contributed by atoms with E-state index in [1.165, 1.54) is 24.3 Å². The van der Waals surface area contributed by atoms with Crippen molar-refractivity contribution in [3.05, 3.63) is 46.4 Å². The lowest BCUT2D eigenvalue weighted by molar-refractivity contribution is 0.356. The van der Waals surface area contributed by atoms with Crippen molar-refractivity contribution in [2.75, 3.05) is 17.7 Å². The van der Waals surface area contributed by atoms with Crippen molar-refractivity contribution in [1.82, 2.24) is 0 Å². The molecule has 0 N–H and O–H groups in total. The standard InChI is InChI=1S/C15H14Cl2NO3S/c1-3-18(14-8-10(16)4-7-15(14)19)13-6-5-11(9-12(13)17)22(2,20)21/h4-9H,3H2,1-2H3. The Bertz CT molecular complexity index is 806. The van der Waals surface area contributed by atoms with Crippen molar-refractivity contribution >= 4 is 44.4 Å². The van der Waals surface area contributed by atoms with E-state index in [0.717, 1.165) is 6.26 Å². The predicted molar refractivity (Wildman–Crippen MR) is 88.8 cm³/mol. The lowest BCUT2D eigenvalue weighted by Gasteiger charge is -2.25. The second-order valence-electron chi connectivity index (χ2n) is 4.74. The molecule has 7 heteroatoms. The zero-order valence-corrected chi connectivity index (χ0v) is 14.3. The molecule has 0 bridgehead atoms. The van der Waals surface area contributed by atoms with E-state index < -0.39 is 9.84 Å². The normalized spacial score (nSPS) is 11.5. The fourth-order valence-electron chi connectivity index (χ4n) is 2.11. The second kappa shape index (κ2) is 6.36. The van der Waals surface area contributed by atoms with Crippen LogP contribution >= 0.6 is 23.2 Å². The van der Waals surface area contributed by atoms with Gasteiger partial charge >= 0.3 is 0 Å². The van der Waals surface area contributed by atoms with Crippen molar-refractivity contribution in [3.63, 3.8) is 0 Å². The molecule has 0 unspecified atom stereocenters. The van der Waals surface area contributed by atoms with Crippen LogP contribution in [0.5, 0.6) is 5.75 Å². The molecule has 0 aliphatic carbocycles. The summed E-state index contributed by atoms with van der Waals surface area (Å²) in [5, 5.41) is 12.7.